The molecule has 0 radical (unpaired) electrons. The minimum atomic E-state index is 0.560. The van der Waals surface area contributed by atoms with Gasteiger partial charge in [-0.25, -0.2) is 0 Å². The van der Waals surface area contributed by atoms with Gasteiger partial charge in [0.05, 0.1) is 0 Å². The molecule has 3 N–H and O–H groups in total. The van der Waals surface area contributed by atoms with Crippen LogP contribution in [-0.2, 0) is 0 Å². The Kier molecular flexibility index (Phi) is 2.32. The summed E-state index contributed by atoms with van der Waals surface area (Å²) < 4.78 is 0. The van der Waals surface area contributed by atoms with Crippen molar-refractivity contribution in [2.75, 3.05) is 6.54 Å². The lowest BCUT2D eigenvalue weighted by molar-refractivity contribution is 0.441. The number of rotatable bonds is 1. The van der Waals surface area contributed by atoms with Crippen molar-refractivity contribution in [1.82, 2.24) is 16.2 Å². The van der Waals surface area contributed by atoms with Gasteiger partial charge in [0.15, 0.2) is 0 Å². The highest BCUT2D eigenvalue weighted by atomic mass is 15.3. The van der Waals surface area contributed by atoms with Gasteiger partial charge >= 0.3 is 0 Å². The zero-order valence-electron chi connectivity index (χ0n) is 7.14. The highest BCUT2D eigenvalue weighted by Crippen LogP contribution is 2.15. The first-order chi connectivity index (χ1) is 5.97. The zero-order chi connectivity index (χ0) is 8.23. The lowest BCUT2D eigenvalue weighted by atomic mass is 9.98. The summed E-state index contributed by atoms with van der Waals surface area (Å²) in [7, 11) is 0. The van der Waals surface area contributed by atoms with Gasteiger partial charge in [0.2, 0.25) is 0 Å². The van der Waals surface area contributed by atoms with Crippen molar-refractivity contribution in [2.24, 2.45) is 0 Å². The van der Waals surface area contributed by atoms with E-state index in [2.05, 4.69) is 22.2 Å². The molecule has 0 saturated carbocycles. The molecule has 2 rings (SSSR count). The Labute approximate surface area is 72.9 Å². The van der Waals surface area contributed by atoms with Crippen LogP contribution in [0.5, 0.6) is 0 Å². The highest BCUT2D eigenvalue weighted by molar-refractivity contribution is 5.26. The summed E-state index contributed by atoms with van der Waals surface area (Å²) in [5, 5.41) is 3.50. The van der Waals surface area contributed by atoms with Crippen molar-refractivity contribution in [2.45, 2.75) is 25.3 Å². The van der Waals surface area contributed by atoms with E-state index in [9.17, 15) is 0 Å². The summed E-state index contributed by atoms with van der Waals surface area (Å²) in [6, 6.07) is 0.560. The summed E-state index contributed by atoms with van der Waals surface area (Å²) in [5.74, 6) is 0. The third kappa shape index (κ3) is 1.61. The zero-order valence-corrected chi connectivity index (χ0v) is 7.14. The van der Waals surface area contributed by atoms with E-state index in [1.165, 1.54) is 24.8 Å². The molecule has 2 heterocycles. The monoisotopic (exact) mass is 165 g/mol. The topological polar surface area (TPSA) is 36.1 Å². The molecule has 0 aliphatic carbocycles. The van der Waals surface area contributed by atoms with E-state index in [1.54, 1.807) is 0 Å². The second-order valence-electron chi connectivity index (χ2n) is 3.27. The van der Waals surface area contributed by atoms with Crippen LogP contribution in [0.1, 0.15) is 19.3 Å². The number of piperidine rings is 1. The number of hydrogen-bond donors (Lipinski definition) is 3. The minimum absolute atomic E-state index is 0.560. The van der Waals surface area contributed by atoms with Crippen LogP contribution in [-0.4, -0.2) is 12.6 Å². The van der Waals surface area contributed by atoms with Crippen LogP contribution in [0.25, 0.3) is 0 Å². The van der Waals surface area contributed by atoms with E-state index in [-0.39, 0.29) is 0 Å². The van der Waals surface area contributed by atoms with Crippen LogP contribution in [0.15, 0.2) is 24.0 Å². The van der Waals surface area contributed by atoms with Crippen molar-refractivity contribution in [1.29, 1.82) is 0 Å². The Morgan fingerprint density at radius 2 is 2.25 bits per heavy atom. The Balaban J connectivity index is 1.97. The van der Waals surface area contributed by atoms with E-state index in [4.69, 9.17) is 0 Å². The van der Waals surface area contributed by atoms with Gasteiger partial charge in [-0.15, -0.1) is 0 Å². The fourth-order valence-electron chi connectivity index (χ4n) is 1.71. The van der Waals surface area contributed by atoms with Gasteiger partial charge in [-0.1, -0.05) is 6.42 Å². The lowest BCUT2D eigenvalue weighted by Gasteiger charge is -2.25. The molecular weight excluding hydrogens is 150 g/mol. The van der Waals surface area contributed by atoms with Crippen molar-refractivity contribution in [3.05, 3.63) is 24.0 Å². The van der Waals surface area contributed by atoms with Gasteiger partial charge in [-0.2, -0.15) is 0 Å². The maximum atomic E-state index is 3.50. The fraction of sp³-hybridized carbons (Fsp3) is 0.556. The van der Waals surface area contributed by atoms with Gasteiger partial charge in [0.25, 0.3) is 0 Å². The van der Waals surface area contributed by atoms with Crippen LogP contribution >= 0.6 is 0 Å². The fourth-order valence-corrected chi connectivity index (χ4v) is 1.71. The van der Waals surface area contributed by atoms with Crippen molar-refractivity contribution >= 4 is 0 Å². The predicted molar refractivity (Wildman–Crippen MR) is 49.1 cm³/mol. The molecular formula is C9H15N3. The summed E-state index contributed by atoms with van der Waals surface area (Å²) >= 11 is 0. The van der Waals surface area contributed by atoms with Gasteiger partial charge in [0.1, 0.15) is 0 Å². The van der Waals surface area contributed by atoms with E-state index in [1.807, 2.05) is 12.4 Å². The molecule has 1 atom stereocenters. The lowest BCUT2D eigenvalue weighted by Crippen LogP contribution is -2.37. The summed E-state index contributed by atoms with van der Waals surface area (Å²) in [6.45, 7) is 1.16. The molecule has 0 bridgehead atoms. The normalized spacial score (nSPS) is 28.7. The predicted octanol–water partition coefficient (Wildman–Crippen LogP) is 0.634. The first-order valence-corrected chi connectivity index (χ1v) is 4.58. The molecule has 1 saturated heterocycles. The molecule has 1 fully saturated rings. The molecule has 3 nitrogen and oxygen atoms in total. The SMILES string of the molecule is C1=CC([C@H]2CCCCN2)=CNN1. The Morgan fingerprint density at radius 1 is 1.25 bits per heavy atom. The van der Waals surface area contributed by atoms with E-state index in [0.29, 0.717) is 6.04 Å². The summed E-state index contributed by atoms with van der Waals surface area (Å²) in [5.41, 5.74) is 7.27. The number of hydrazine groups is 1. The summed E-state index contributed by atoms with van der Waals surface area (Å²) in [6.07, 6.45) is 10.0. The Bertz CT molecular complexity index is 202. The van der Waals surface area contributed by atoms with Crippen molar-refractivity contribution in [3.63, 3.8) is 0 Å². The highest BCUT2D eigenvalue weighted by Gasteiger charge is 2.15. The molecule has 2 aliphatic heterocycles. The van der Waals surface area contributed by atoms with E-state index in [0.717, 1.165) is 6.54 Å². The molecule has 0 unspecified atom stereocenters. The minimum Gasteiger partial charge on any atom is -0.310 e. The summed E-state index contributed by atoms with van der Waals surface area (Å²) in [4.78, 5) is 0. The molecule has 0 spiro atoms. The molecule has 2 aliphatic rings. The Hall–Kier alpha value is -0.960. The molecule has 12 heavy (non-hydrogen) atoms. The second kappa shape index (κ2) is 3.63. The number of hydrogen-bond acceptors (Lipinski definition) is 3. The van der Waals surface area contributed by atoms with Gasteiger partial charge in [-0.05, 0) is 31.0 Å². The standard InChI is InChI=1S/C9H15N3/c1-2-5-10-9(3-1)8-4-6-11-12-7-8/h4,6-7,9-12H,1-3,5H2/t9-/m1/s1. The first-order valence-electron chi connectivity index (χ1n) is 4.58. The van der Waals surface area contributed by atoms with Crippen LogP contribution in [0.3, 0.4) is 0 Å². The maximum absolute atomic E-state index is 3.50. The van der Waals surface area contributed by atoms with Gasteiger partial charge < -0.3 is 16.2 Å². The Morgan fingerprint density at radius 3 is 2.92 bits per heavy atom. The van der Waals surface area contributed by atoms with Crippen molar-refractivity contribution in [3.8, 4) is 0 Å². The quantitative estimate of drug-likeness (QED) is 0.533. The maximum Gasteiger partial charge on any atom is 0.0335 e. The third-order valence-electron chi connectivity index (χ3n) is 2.39. The average molecular weight is 165 g/mol. The van der Waals surface area contributed by atoms with E-state index >= 15 is 0 Å². The van der Waals surface area contributed by atoms with Crippen LogP contribution in [0.4, 0.5) is 0 Å². The van der Waals surface area contributed by atoms with Crippen LogP contribution in [0, 0.1) is 0 Å². The van der Waals surface area contributed by atoms with E-state index < -0.39 is 0 Å². The van der Waals surface area contributed by atoms with Gasteiger partial charge in [0, 0.05) is 18.4 Å². The smallest absolute Gasteiger partial charge is 0.0335 e. The second-order valence-corrected chi connectivity index (χ2v) is 3.27. The molecule has 3 heteroatoms. The van der Waals surface area contributed by atoms with Crippen molar-refractivity contribution < 1.29 is 0 Å². The van der Waals surface area contributed by atoms with Crippen LogP contribution < -0.4 is 16.2 Å². The molecule has 66 valence electrons. The number of nitrogens with one attached hydrogen (secondary N) is 3. The molecule has 0 aromatic heterocycles. The van der Waals surface area contributed by atoms with Gasteiger partial charge in [-0.3, -0.25) is 0 Å². The first kappa shape index (κ1) is 7.68. The van der Waals surface area contributed by atoms with Crippen LogP contribution in [0.2, 0.25) is 0 Å². The molecule has 0 aromatic rings. The molecule has 0 amide bonds. The largest absolute Gasteiger partial charge is 0.310 e. The third-order valence-corrected chi connectivity index (χ3v) is 2.39. The average Bonchev–Trinajstić information content (AvgIpc) is 2.21. The molecule has 0 aromatic carbocycles.